The number of rotatable bonds is 2. The van der Waals surface area contributed by atoms with E-state index in [1.165, 1.54) is 0 Å². The number of β-amino-alcohol motifs (C(OH)–C–C–N with tert-alkyl or cyclic N) is 1. The molecule has 1 aliphatic heterocycles. The molecular weight excluding hydrogens is 281 g/mol. The van der Waals surface area contributed by atoms with Crippen molar-refractivity contribution < 1.29 is 18.3 Å². The number of pyridine rings is 1. The van der Waals surface area contributed by atoms with E-state index in [9.17, 15) is 18.3 Å². The zero-order chi connectivity index (χ0) is 14.2. The Morgan fingerprint density at radius 1 is 1.53 bits per heavy atom. The van der Waals surface area contributed by atoms with Gasteiger partial charge in [0.05, 0.1) is 16.7 Å². The molecular formula is C12H14ClF3N2O. The minimum Gasteiger partial charge on any atom is -0.391 e. The molecule has 0 aromatic carbocycles. The van der Waals surface area contributed by atoms with Crippen molar-refractivity contribution in [3.8, 4) is 0 Å². The van der Waals surface area contributed by atoms with Gasteiger partial charge in [-0.15, -0.1) is 0 Å². The van der Waals surface area contributed by atoms with E-state index >= 15 is 0 Å². The van der Waals surface area contributed by atoms with Crippen LogP contribution in [-0.4, -0.2) is 28.8 Å². The van der Waals surface area contributed by atoms with Gasteiger partial charge in [-0.1, -0.05) is 18.5 Å². The molecule has 7 heteroatoms. The molecule has 0 bridgehead atoms. The number of hydrogen-bond donors (Lipinski definition) is 1. The second-order valence-corrected chi connectivity index (χ2v) is 5.04. The first-order valence-electron chi connectivity index (χ1n) is 6.00. The number of aromatic nitrogens is 1. The average Bonchev–Trinajstić information content (AvgIpc) is 2.69. The fourth-order valence-electron chi connectivity index (χ4n) is 2.34. The van der Waals surface area contributed by atoms with E-state index < -0.39 is 17.8 Å². The second-order valence-electron chi connectivity index (χ2n) is 4.63. The monoisotopic (exact) mass is 294 g/mol. The molecule has 19 heavy (non-hydrogen) atoms. The molecule has 1 saturated heterocycles. The number of aliphatic hydroxyl groups is 1. The van der Waals surface area contributed by atoms with Crippen LogP contribution in [0.5, 0.6) is 0 Å². The molecule has 0 saturated carbocycles. The van der Waals surface area contributed by atoms with Crippen LogP contribution in [0.15, 0.2) is 12.3 Å². The van der Waals surface area contributed by atoms with Crippen molar-refractivity contribution in [2.45, 2.75) is 38.1 Å². The van der Waals surface area contributed by atoms with Gasteiger partial charge in [0, 0.05) is 18.8 Å². The molecule has 0 spiro atoms. The van der Waals surface area contributed by atoms with Crippen LogP contribution in [0.1, 0.15) is 25.3 Å². The van der Waals surface area contributed by atoms with Crippen molar-refractivity contribution in [1.29, 1.82) is 0 Å². The van der Waals surface area contributed by atoms with Crippen LogP contribution in [0.4, 0.5) is 19.0 Å². The molecule has 0 aliphatic carbocycles. The van der Waals surface area contributed by atoms with Crippen molar-refractivity contribution >= 4 is 17.4 Å². The lowest BCUT2D eigenvalue weighted by Crippen LogP contribution is -2.30. The summed E-state index contributed by atoms with van der Waals surface area (Å²) in [5, 5.41) is 9.61. The zero-order valence-electron chi connectivity index (χ0n) is 10.3. The maximum Gasteiger partial charge on any atom is 0.417 e. The first kappa shape index (κ1) is 14.4. The van der Waals surface area contributed by atoms with Gasteiger partial charge >= 0.3 is 6.18 Å². The van der Waals surface area contributed by atoms with Gasteiger partial charge in [-0.05, 0) is 18.9 Å². The lowest BCUT2D eigenvalue weighted by Gasteiger charge is -2.25. The fraction of sp³-hybridized carbons (Fsp3) is 0.583. The van der Waals surface area contributed by atoms with Crippen LogP contribution in [0, 0.1) is 0 Å². The van der Waals surface area contributed by atoms with E-state index in [1.807, 2.05) is 6.92 Å². The van der Waals surface area contributed by atoms with E-state index in [2.05, 4.69) is 4.98 Å². The van der Waals surface area contributed by atoms with Crippen LogP contribution in [0.3, 0.4) is 0 Å². The second kappa shape index (κ2) is 5.17. The fourth-order valence-corrected chi connectivity index (χ4v) is 2.61. The SMILES string of the molecule is CCC1C[C@@H](O)CN1c1ncc(C(F)(F)F)cc1Cl. The van der Waals surface area contributed by atoms with Gasteiger partial charge in [-0.3, -0.25) is 0 Å². The van der Waals surface area contributed by atoms with Gasteiger partial charge in [0.15, 0.2) is 0 Å². The Labute approximate surface area is 114 Å². The predicted octanol–water partition coefficient (Wildman–Crippen LogP) is 3.10. The van der Waals surface area contributed by atoms with E-state index in [4.69, 9.17) is 11.6 Å². The van der Waals surface area contributed by atoms with Gasteiger partial charge in [0.2, 0.25) is 0 Å². The highest BCUT2D eigenvalue weighted by Crippen LogP contribution is 2.36. The van der Waals surface area contributed by atoms with Crippen molar-refractivity contribution in [3.05, 3.63) is 22.8 Å². The highest BCUT2D eigenvalue weighted by Gasteiger charge is 2.35. The Balaban J connectivity index is 2.31. The molecule has 1 aromatic heterocycles. The van der Waals surface area contributed by atoms with Crippen LogP contribution >= 0.6 is 11.6 Å². The normalized spacial score (nSPS) is 24.0. The van der Waals surface area contributed by atoms with Crippen molar-refractivity contribution in [2.24, 2.45) is 0 Å². The van der Waals surface area contributed by atoms with Gasteiger partial charge in [0.25, 0.3) is 0 Å². The summed E-state index contributed by atoms with van der Waals surface area (Å²) in [6, 6.07) is 0.929. The van der Waals surface area contributed by atoms with Crippen LogP contribution < -0.4 is 4.90 Å². The van der Waals surface area contributed by atoms with E-state index in [1.54, 1.807) is 4.90 Å². The van der Waals surface area contributed by atoms with Crippen molar-refractivity contribution in [2.75, 3.05) is 11.4 Å². The summed E-state index contributed by atoms with van der Waals surface area (Å²) in [6.45, 7) is 2.30. The summed E-state index contributed by atoms with van der Waals surface area (Å²) < 4.78 is 37.6. The topological polar surface area (TPSA) is 36.4 Å². The molecule has 1 aliphatic rings. The summed E-state index contributed by atoms with van der Waals surface area (Å²) in [6.07, 6.45) is -2.82. The molecule has 1 fully saturated rings. The molecule has 1 unspecified atom stereocenters. The molecule has 0 amide bonds. The molecule has 3 nitrogen and oxygen atoms in total. The van der Waals surface area contributed by atoms with Crippen molar-refractivity contribution in [3.63, 3.8) is 0 Å². The third kappa shape index (κ3) is 2.95. The van der Waals surface area contributed by atoms with E-state index in [0.717, 1.165) is 18.7 Å². The molecule has 2 heterocycles. The van der Waals surface area contributed by atoms with Crippen LogP contribution in [-0.2, 0) is 6.18 Å². The third-order valence-corrected chi connectivity index (χ3v) is 3.56. The highest BCUT2D eigenvalue weighted by molar-refractivity contribution is 6.33. The molecule has 106 valence electrons. The summed E-state index contributed by atoms with van der Waals surface area (Å²) in [5.74, 6) is 0.304. The van der Waals surface area contributed by atoms with E-state index in [0.29, 0.717) is 18.8 Å². The molecule has 2 rings (SSSR count). The number of alkyl halides is 3. The summed E-state index contributed by atoms with van der Waals surface area (Å²) in [7, 11) is 0. The summed E-state index contributed by atoms with van der Waals surface area (Å²) in [4.78, 5) is 5.59. The lowest BCUT2D eigenvalue weighted by atomic mass is 10.1. The van der Waals surface area contributed by atoms with Gasteiger partial charge < -0.3 is 10.0 Å². The Bertz CT molecular complexity index is 467. The summed E-state index contributed by atoms with van der Waals surface area (Å²) in [5.41, 5.74) is -0.867. The molecule has 1 N–H and O–H groups in total. The summed E-state index contributed by atoms with van der Waals surface area (Å²) >= 11 is 5.90. The van der Waals surface area contributed by atoms with Gasteiger partial charge in [0.1, 0.15) is 5.82 Å². The predicted molar refractivity (Wildman–Crippen MR) is 66.3 cm³/mol. The Hall–Kier alpha value is -1.01. The molecule has 2 atom stereocenters. The smallest absolute Gasteiger partial charge is 0.391 e. The zero-order valence-corrected chi connectivity index (χ0v) is 11.0. The third-order valence-electron chi connectivity index (χ3n) is 3.28. The van der Waals surface area contributed by atoms with Crippen molar-refractivity contribution in [1.82, 2.24) is 4.98 Å². The number of hydrogen-bond acceptors (Lipinski definition) is 3. The Morgan fingerprint density at radius 2 is 2.21 bits per heavy atom. The highest BCUT2D eigenvalue weighted by atomic mass is 35.5. The first-order chi connectivity index (χ1) is 8.82. The Kier molecular flexibility index (Phi) is 3.92. The van der Waals surface area contributed by atoms with Gasteiger partial charge in [-0.25, -0.2) is 4.98 Å². The van der Waals surface area contributed by atoms with E-state index in [-0.39, 0.29) is 11.1 Å². The maximum atomic E-state index is 12.5. The minimum atomic E-state index is -4.45. The van der Waals surface area contributed by atoms with Crippen LogP contribution in [0.25, 0.3) is 0 Å². The number of nitrogens with zero attached hydrogens (tertiary/aromatic N) is 2. The largest absolute Gasteiger partial charge is 0.417 e. The average molecular weight is 295 g/mol. The first-order valence-corrected chi connectivity index (χ1v) is 6.38. The number of halogens is 4. The quantitative estimate of drug-likeness (QED) is 0.910. The molecule has 0 radical (unpaired) electrons. The van der Waals surface area contributed by atoms with Gasteiger partial charge in [-0.2, -0.15) is 13.2 Å². The van der Waals surface area contributed by atoms with Crippen LogP contribution in [0.2, 0.25) is 5.02 Å². The Morgan fingerprint density at radius 3 is 2.74 bits per heavy atom. The standard InChI is InChI=1S/C12H14ClF3N2O/c1-2-8-4-9(19)6-18(8)11-10(13)3-7(5-17-11)12(14,15)16/h3,5,8-9,19H,2,4,6H2,1H3/t8?,9-/m1/s1. The number of aliphatic hydroxyl groups excluding tert-OH is 1. The minimum absolute atomic E-state index is 0.0395. The maximum absolute atomic E-state index is 12.5. The lowest BCUT2D eigenvalue weighted by molar-refractivity contribution is -0.137. The molecule has 1 aromatic rings. The number of anilines is 1.